The Hall–Kier alpha value is -2.29. The molecule has 3 atom stereocenters. The third-order valence-corrected chi connectivity index (χ3v) is 4.89. The molecule has 0 saturated carbocycles. The first-order valence-electron chi connectivity index (χ1n) is 7.70. The van der Waals surface area contributed by atoms with Crippen LogP contribution in [0.15, 0.2) is 48.0 Å². The van der Waals surface area contributed by atoms with Gasteiger partial charge in [-0.1, -0.05) is 37.3 Å². The van der Waals surface area contributed by atoms with Gasteiger partial charge in [0.15, 0.2) is 5.72 Å². The molecule has 0 spiro atoms. The van der Waals surface area contributed by atoms with E-state index < -0.39 is 5.72 Å². The van der Waals surface area contributed by atoms with Crippen molar-refractivity contribution in [1.29, 1.82) is 0 Å². The normalized spacial score (nSPS) is 30.0. The average Bonchev–Trinajstić information content (AvgIpc) is 2.70. The molecule has 22 heavy (non-hydrogen) atoms. The fraction of sp³-hybridized carbons (Fsp3) is 0.316. The molecule has 0 saturated heterocycles. The zero-order valence-electron chi connectivity index (χ0n) is 13.0. The highest BCUT2D eigenvalue weighted by Crippen LogP contribution is 2.50. The highest BCUT2D eigenvalue weighted by molar-refractivity contribution is 5.94. The van der Waals surface area contributed by atoms with Crippen molar-refractivity contribution in [2.75, 3.05) is 0 Å². The van der Waals surface area contributed by atoms with E-state index in [0.717, 1.165) is 16.7 Å². The quantitative estimate of drug-likeness (QED) is 0.803. The molecule has 4 rings (SSSR count). The Morgan fingerprint density at radius 3 is 2.59 bits per heavy atom. The number of fused-ring (bicyclic) bond motifs is 4. The van der Waals surface area contributed by atoms with Crippen molar-refractivity contribution >= 4 is 16.7 Å². The Labute approximate surface area is 130 Å². The molecule has 1 N–H and O–H groups in total. The molecule has 1 amide bonds. The van der Waals surface area contributed by atoms with Crippen molar-refractivity contribution in [3.8, 4) is 5.75 Å². The van der Waals surface area contributed by atoms with Crippen LogP contribution in [0.2, 0.25) is 0 Å². The van der Waals surface area contributed by atoms with Gasteiger partial charge in [-0.05, 0) is 42.7 Å². The highest BCUT2D eigenvalue weighted by atomic mass is 16.5. The Bertz CT molecular complexity index is 823. The number of rotatable bonds is 0. The van der Waals surface area contributed by atoms with E-state index in [4.69, 9.17) is 4.74 Å². The maximum atomic E-state index is 12.2. The summed E-state index contributed by atoms with van der Waals surface area (Å²) >= 11 is 0. The molecule has 112 valence electrons. The van der Waals surface area contributed by atoms with Crippen molar-refractivity contribution in [2.24, 2.45) is 5.92 Å². The first kappa shape index (κ1) is 13.4. The van der Waals surface area contributed by atoms with E-state index in [1.54, 1.807) is 0 Å². The van der Waals surface area contributed by atoms with Gasteiger partial charge < -0.3 is 10.1 Å². The van der Waals surface area contributed by atoms with Crippen molar-refractivity contribution in [3.63, 3.8) is 0 Å². The molecule has 2 aromatic carbocycles. The lowest BCUT2D eigenvalue weighted by Gasteiger charge is -2.32. The predicted molar refractivity (Wildman–Crippen MR) is 86.8 cm³/mol. The van der Waals surface area contributed by atoms with E-state index in [0.29, 0.717) is 0 Å². The first-order valence-corrected chi connectivity index (χ1v) is 7.70. The fourth-order valence-electron chi connectivity index (χ4n) is 3.94. The summed E-state index contributed by atoms with van der Waals surface area (Å²) in [5, 5.41) is 5.43. The van der Waals surface area contributed by atoms with Crippen LogP contribution in [0.3, 0.4) is 0 Å². The summed E-state index contributed by atoms with van der Waals surface area (Å²) in [5.74, 6) is 1.18. The van der Waals surface area contributed by atoms with Gasteiger partial charge in [0.1, 0.15) is 5.75 Å². The van der Waals surface area contributed by atoms with E-state index in [1.807, 2.05) is 26.0 Å². The Morgan fingerprint density at radius 1 is 1.18 bits per heavy atom. The molecule has 0 fully saturated rings. The molecule has 2 aromatic rings. The van der Waals surface area contributed by atoms with E-state index >= 15 is 0 Å². The second-order valence-corrected chi connectivity index (χ2v) is 6.59. The van der Waals surface area contributed by atoms with Gasteiger partial charge in [0.2, 0.25) is 5.91 Å². The molecule has 2 heterocycles. The standard InChI is InChI=1S/C19H19NO2/c1-11-8-12(2)18(21)20-19(3)17(11)15-9-13-6-4-5-7-14(13)10-16(15)22-19/h4-11,17H,1-3H3,(H,20,21)/t11?,17-,19+/m1/s1. The van der Waals surface area contributed by atoms with Crippen molar-refractivity contribution in [3.05, 3.63) is 53.6 Å². The summed E-state index contributed by atoms with van der Waals surface area (Å²) in [6.45, 7) is 5.99. The smallest absolute Gasteiger partial charge is 0.249 e. The van der Waals surface area contributed by atoms with E-state index in [1.165, 1.54) is 10.9 Å². The van der Waals surface area contributed by atoms with Gasteiger partial charge >= 0.3 is 0 Å². The van der Waals surface area contributed by atoms with Crippen LogP contribution in [0.25, 0.3) is 10.8 Å². The van der Waals surface area contributed by atoms with Gasteiger partial charge in [0.05, 0.1) is 5.92 Å². The molecule has 3 heteroatoms. The molecular formula is C19H19NO2. The van der Waals surface area contributed by atoms with Crippen LogP contribution < -0.4 is 10.1 Å². The second-order valence-electron chi connectivity index (χ2n) is 6.59. The fourth-order valence-corrected chi connectivity index (χ4v) is 3.94. The number of amides is 1. The van der Waals surface area contributed by atoms with Crippen LogP contribution >= 0.6 is 0 Å². The monoisotopic (exact) mass is 293 g/mol. The lowest BCUT2D eigenvalue weighted by atomic mass is 9.81. The van der Waals surface area contributed by atoms with Crippen LogP contribution in [-0.2, 0) is 4.79 Å². The van der Waals surface area contributed by atoms with E-state index in [2.05, 4.69) is 42.6 Å². The van der Waals surface area contributed by atoms with E-state index in [9.17, 15) is 4.79 Å². The molecule has 2 aliphatic heterocycles. The number of hydrogen-bond donors (Lipinski definition) is 1. The summed E-state index contributed by atoms with van der Waals surface area (Å²) in [6.07, 6.45) is 2.05. The Morgan fingerprint density at radius 2 is 1.86 bits per heavy atom. The third kappa shape index (κ3) is 1.78. The number of carbonyl (C=O) groups is 1. The maximum Gasteiger partial charge on any atom is 0.249 e. The lowest BCUT2D eigenvalue weighted by molar-refractivity contribution is -0.122. The van der Waals surface area contributed by atoms with Gasteiger partial charge in [0.25, 0.3) is 0 Å². The van der Waals surface area contributed by atoms with Gasteiger partial charge in [-0.25, -0.2) is 0 Å². The average molecular weight is 293 g/mol. The van der Waals surface area contributed by atoms with E-state index in [-0.39, 0.29) is 17.7 Å². The minimum absolute atomic E-state index is 0.0470. The highest BCUT2D eigenvalue weighted by Gasteiger charge is 2.49. The number of benzene rings is 2. The van der Waals surface area contributed by atoms with Crippen molar-refractivity contribution in [2.45, 2.75) is 32.4 Å². The molecular weight excluding hydrogens is 274 g/mol. The molecule has 0 aromatic heterocycles. The van der Waals surface area contributed by atoms with Crippen LogP contribution in [0.5, 0.6) is 5.75 Å². The zero-order chi connectivity index (χ0) is 15.5. The largest absolute Gasteiger partial charge is 0.467 e. The minimum Gasteiger partial charge on any atom is -0.467 e. The number of nitrogens with one attached hydrogen (secondary N) is 1. The number of ether oxygens (including phenoxy) is 1. The first-order chi connectivity index (χ1) is 10.5. The predicted octanol–water partition coefficient (Wildman–Crippen LogP) is 3.74. The minimum atomic E-state index is -0.690. The van der Waals surface area contributed by atoms with Gasteiger partial charge in [-0.15, -0.1) is 0 Å². The summed E-state index contributed by atoms with van der Waals surface area (Å²) < 4.78 is 6.21. The van der Waals surface area contributed by atoms with Crippen molar-refractivity contribution < 1.29 is 9.53 Å². The number of allylic oxidation sites excluding steroid dienone is 1. The van der Waals surface area contributed by atoms with Gasteiger partial charge in [-0.2, -0.15) is 0 Å². The maximum absolute atomic E-state index is 12.2. The summed E-state index contributed by atoms with van der Waals surface area (Å²) in [4.78, 5) is 12.2. The Balaban J connectivity index is 1.92. The summed E-state index contributed by atoms with van der Waals surface area (Å²) in [7, 11) is 0. The Kier molecular flexibility index (Phi) is 2.65. The number of hydrogen-bond acceptors (Lipinski definition) is 2. The topological polar surface area (TPSA) is 38.3 Å². The third-order valence-electron chi connectivity index (χ3n) is 4.89. The molecule has 2 aliphatic rings. The lowest BCUT2D eigenvalue weighted by Crippen LogP contribution is -2.52. The molecule has 0 aliphatic carbocycles. The van der Waals surface area contributed by atoms with Gasteiger partial charge in [-0.3, -0.25) is 4.79 Å². The summed E-state index contributed by atoms with van der Waals surface area (Å²) in [6, 6.07) is 12.6. The zero-order valence-corrected chi connectivity index (χ0v) is 13.0. The SMILES string of the molecule is CC1=CC(C)[C@@H]2c3cc4ccccc4cc3O[C@]2(C)NC1=O. The second kappa shape index (κ2) is 4.35. The molecule has 3 nitrogen and oxygen atoms in total. The van der Waals surface area contributed by atoms with Crippen molar-refractivity contribution in [1.82, 2.24) is 5.32 Å². The summed E-state index contributed by atoms with van der Waals surface area (Å²) in [5.41, 5.74) is 1.25. The van der Waals surface area contributed by atoms with Gasteiger partial charge in [0, 0.05) is 11.1 Å². The molecule has 0 radical (unpaired) electrons. The molecule has 1 unspecified atom stereocenters. The molecule has 0 bridgehead atoms. The van der Waals surface area contributed by atoms with Crippen LogP contribution in [0.1, 0.15) is 32.3 Å². The number of carbonyl (C=O) groups excluding carboxylic acids is 1. The van der Waals surface area contributed by atoms with Crippen LogP contribution in [-0.4, -0.2) is 11.6 Å². The van der Waals surface area contributed by atoms with Crippen LogP contribution in [0.4, 0.5) is 0 Å². The van der Waals surface area contributed by atoms with Crippen LogP contribution in [0, 0.1) is 5.92 Å².